The number of benzene rings is 2. The number of sulfonamides is 1. The topological polar surface area (TPSA) is 72.2 Å². The Morgan fingerprint density at radius 1 is 1.14 bits per heavy atom. The summed E-state index contributed by atoms with van der Waals surface area (Å²) in [5.41, 5.74) is 3.38. The zero-order chi connectivity index (χ0) is 15.6. The third kappa shape index (κ3) is 3.80. The van der Waals surface area contributed by atoms with Crippen LogP contribution >= 0.6 is 0 Å². The Balaban J connectivity index is 2.27. The maximum Gasteiger partial charge on any atom is 0.238 e. The predicted molar refractivity (Wildman–Crippen MR) is 81.0 cm³/mol. The van der Waals surface area contributed by atoms with Gasteiger partial charge in [-0.05, 0) is 54.8 Å². The number of nitrogens with two attached hydrogens (primary N) is 1. The second kappa shape index (κ2) is 5.83. The van der Waals surface area contributed by atoms with Crippen LogP contribution < -0.4 is 10.5 Å². The van der Waals surface area contributed by atoms with E-state index < -0.39 is 10.0 Å². The largest absolute Gasteiger partial charge is 0.381 e. The van der Waals surface area contributed by atoms with Crippen molar-refractivity contribution in [3.05, 3.63) is 58.9 Å². The molecular weight excluding hydrogens is 291 g/mol. The third-order valence-corrected chi connectivity index (χ3v) is 4.26. The highest BCUT2D eigenvalue weighted by Crippen LogP contribution is 2.24. The molecule has 0 fully saturated rings. The minimum Gasteiger partial charge on any atom is -0.381 e. The van der Waals surface area contributed by atoms with Crippen LogP contribution in [0.25, 0.3) is 0 Å². The van der Waals surface area contributed by atoms with Gasteiger partial charge >= 0.3 is 0 Å². The van der Waals surface area contributed by atoms with Crippen molar-refractivity contribution in [1.82, 2.24) is 0 Å². The van der Waals surface area contributed by atoms with Crippen LogP contribution in [-0.2, 0) is 16.6 Å². The molecule has 0 aromatic heterocycles. The van der Waals surface area contributed by atoms with Crippen LogP contribution in [-0.4, -0.2) is 8.42 Å². The number of nitrogens with one attached hydrogen (secondary N) is 1. The lowest BCUT2D eigenvalue weighted by Crippen LogP contribution is -2.13. The number of aryl methyl sites for hydroxylation is 1. The van der Waals surface area contributed by atoms with Gasteiger partial charge in [-0.15, -0.1) is 0 Å². The standard InChI is InChI=1S/C15H17FN2O2S/c1-10-7-14(21(17,19)20)8-15(11(10)2)18-9-12-3-5-13(16)6-4-12/h3-8,18H,9H2,1-2H3,(H2,17,19,20). The van der Waals surface area contributed by atoms with Crippen molar-refractivity contribution in [2.45, 2.75) is 25.3 Å². The van der Waals surface area contributed by atoms with E-state index in [2.05, 4.69) is 5.32 Å². The molecule has 112 valence electrons. The summed E-state index contributed by atoms with van der Waals surface area (Å²) in [7, 11) is -3.74. The highest BCUT2D eigenvalue weighted by atomic mass is 32.2. The van der Waals surface area contributed by atoms with Crippen LogP contribution in [0.4, 0.5) is 10.1 Å². The molecule has 0 aliphatic carbocycles. The average Bonchev–Trinajstić information content (AvgIpc) is 2.41. The van der Waals surface area contributed by atoms with Gasteiger partial charge in [0.05, 0.1) is 4.90 Å². The Morgan fingerprint density at radius 2 is 1.76 bits per heavy atom. The second-order valence-corrected chi connectivity index (χ2v) is 6.50. The Morgan fingerprint density at radius 3 is 2.33 bits per heavy atom. The van der Waals surface area contributed by atoms with E-state index in [1.165, 1.54) is 18.2 Å². The van der Waals surface area contributed by atoms with E-state index in [4.69, 9.17) is 5.14 Å². The van der Waals surface area contributed by atoms with E-state index in [1.807, 2.05) is 13.8 Å². The average molecular weight is 308 g/mol. The van der Waals surface area contributed by atoms with E-state index >= 15 is 0 Å². The molecule has 0 amide bonds. The number of hydrogen-bond donors (Lipinski definition) is 2. The van der Waals surface area contributed by atoms with Crippen LogP contribution in [0, 0.1) is 19.7 Å². The number of hydrogen-bond acceptors (Lipinski definition) is 3. The molecule has 4 nitrogen and oxygen atoms in total. The molecule has 0 atom stereocenters. The zero-order valence-electron chi connectivity index (χ0n) is 11.9. The molecule has 0 radical (unpaired) electrons. The van der Waals surface area contributed by atoms with Crippen molar-refractivity contribution in [2.75, 3.05) is 5.32 Å². The molecule has 6 heteroatoms. The molecule has 0 unspecified atom stereocenters. The van der Waals surface area contributed by atoms with Crippen LogP contribution in [0.5, 0.6) is 0 Å². The highest BCUT2D eigenvalue weighted by molar-refractivity contribution is 7.89. The lowest BCUT2D eigenvalue weighted by atomic mass is 10.1. The maximum absolute atomic E-state index is 12.9. The normalized spacial score (nSPS) is 11.4. The summed E-state index contributed by atoms with van der Waals surface area (Å²) in [6, 6.07) is 9.18. The first kappa shape index (κ1) is 15.5. The first-order valence-corrected chi connectivity index (χ1v) is 7.94. The van der Waals surface area contributed by atoms with Gasteiger partial charge in [0.1, 0.15) is 5.82 Å². The molecule has 3 N–H and O–H groups in total. The molecule has 0 heterocycles. The Bertz CT molecular complexity index is 756. The van der Waals surface area contributed by atoms with Gasteiger partial charge in [0, 0.05) is 12.2 Å². The molecule has 2 aromatic carbocycles. The van der Waals surface area contributed by atoms with Crippen LogP contribution in [0.15, 0.2) is 41.3 Å². The molecule has 0 aliphatic rings. The van der Waals surface area contributed by atoms with E-state index in [-0.39, 0.29) is 10.7 Å². The molecule has 0 saturated heterocycles. The van der Waals surface area contributed by atoms with Gasteiger partial charge < -0.3 is 5.32 Å². The fraction of sp³-hybridized carbons (Fsp3) is 0.200. The molecule has 0 bridgehead atoms. The lowest BCUT2D eigenvalue weighted by Gasteiger charge is -2.13. The smallest absolute Gasteiger partial charge is 0.238 e. The van der Waals surface area contributed by atoms with E-state index in [1.54, 1.807) is 18.2 Å². The van der Waals surface area contributed by atoms with Crippen LogP contribution in [0.3, 0.4) is 0 Å². The molecule has 0 aliphatic heterocycles. The predicted octanol–water partition coefficient (Wildman–Crippen LogP) is 2.70. The molecule has 2 rings (SSSR count). The summed E-state index contributed by atoms with van der Waals surface area (Å²) < 4.78 is 35.8. The van der Waals surface area contributed by atoms with Gasteiger partial charge in [-0.25, -0.2) is 17.9 Å². The van der Waals surface area contributed by atoms with Gasteiger partial charge in [0.15, 0.2) is 0 Å². The number of anilines is 1. The molecule has 0 spiro atoms. The monoisotopic (exact) mass is 308 g/mol. The summed E-state index contributed by atoms with van der Waals surface area (Å²) >= 11 is 0. The van der Waals surface area contributed by atoms with Crippen molar-refractivity contribution in [2.24, 2.45) is 5.14 Å². The van der Waals surface area contributed by atoms with Gasteiger partial charge in [0.25, 0.3) is 0 Å². The van der Waals surface area contributed by atoms with E-state index in [9.17, 15) is 12.8 Å². The summed E-state index contributed by atoms with van der Waals surface area (Å²) in [5, 5.41) is 8.33. The summed E-state index contributed by atoms with van der Waals surface area (Å²) in [6.45, 7) is 4.19. The van der Waals surface area contributed by atoms with Crippen molar-refractivity contribution in [1.29, 1.82) is 0 Å². The fourth-order valence-corrected chi connectivity index (χ4v) is 2.60. The van der Waals surface area contributed by atoms with Gasteiger partial charge in [0.2, 0.25) is 10.0 Å². The number of primary sulfonamides is 1. The van der Waals surface area contributed by atoms with Gasteiger partial charge in [-0.3, -0.25) is 0 Å². The van der Waals surface area contributed by atoms with Gasteiger partial charge in [-0.1, -0.05) is 12.1 Å². The first-order valence-electron chi connectivity index (χ1n) is 6.40. The minimum absolute atomic E-state index is 0.0761. The fourth-order valence-electron chi connectivity index (χ4n) is 1.97. The van der Waals surface area contributed by atoms with Crippen molar-refractivity contribution >= 4 is 15.7 Å². The number of halogens is 1. The summed E-state index contributed by atoms with van der Waals surface area (Å²) in [6.07, 6.45) is 0. The maximum atomic E-state index is 12.9. The van der Waals surface area contributed by atoms with Crippen LogP contribution in [0.1, 0.15) is 16.7 Å². The molecule has 21 heavy (non-hydrogen) atoms. The lowest BCUT2D eigenvalue weighted by molar-refractivity contribution is 0.597. The molecule has 2 aromatic rings. The summed E-state index contributed by atoms with van der Waals surface area (Å²) in [5.74, 6) is -0.290. The zero-order valence-corrected chi connectivity index (χ0v) is 12.7. The quantitative estimate of drug-likeness (QED) is 0.912. The highest BCUT2D eigenvalue weighted by Gasteiger charge is 2.12. The second-order valence-electron chi connectivity index (χ2n) is 4.94. The molecular formula is C15H17FN2O2S. The van der Waals surface area contributed by atoms with Crippen molar-refractivity contribution < 1.29 is 12.8 Å². The Kier molecular flexibility index (Phi) is 4.29. The van der Waals surface area contributed by atoms with Gasteiger partial charge in [-0.2, -0.15) is 0 Å². The van der Waals surface area contributed by atoms with Crippen molar-refractivity contribution in [3.63, 3.8) is 0 Å². The summed E-state index contributed by atoms with van der Waals surface area (Å²) in [4.78, 5) is 0.0761. The van der Waals surface area contributed by atoms with E-state index in [0.717, 1.165) is 16.7 Å². The Labute approximate surface area is 123 Å². The van der Waals surface area contributed by atoms with Crippen molar-refractivity contribution in [3.8, 4) is 0 Å². The molecule has 0 saturated carbocycles. The van der Waals surface area contributed by atoms with E-state index in [0.29, 0.717) is 12.2 Å². The minimum atomic E-state index is -3.74. The SMILES string of the molecule is Cc1cc(S(N)(=O)=O)cc(NCc2ccc(F)cc2)c1C. The Hall–Kier alpha value is -1.92. The number of rotatable bonds is 4. The van der Waals surface area contributed by atoms with Crippen LogP contribution in [0.2, 0.25) is 0 Å². The third-order valence-electron chi connectivity index (χ3n) is 3.37. The first-order chi connectivity index (χ1) is 9.77.